The first-order valence-electron chi connectivity index (χ1n) is 16.2. The van der Waals surface area contributed by atoms with Crippen molar-refractivity contribution in [2.75, 3.05) is 0 Å². The Morgan fingerprint density at radius 3 is 1.77 bits per heavy atom. The van der Waals surface area contributed by atoms with Gasteiger partial charge in [0.05, 0.1) is 17.8 Å². The molecule has 10 aromatic rings. The highest BCUT2D eigenvalue weighted by Gasteiger charge is 2.17. The molecular formula is C46H26N2. The Balaban J connectivity index is 1.20. The molecule has 0 N–H and O–H groups in total. The molecule has 0 amide bonds. The number of aromatic nitrogens is 1. The van der Waals surface area contributed by atoms with Crippen molar-refractivity contribution in [3.8, 4) is 33.5 Å². The lowest BCUT2D eigenvalue weighted by Crippen LogP contribution is -1.93. The molecule has 0 saturated carbocycles. The van der Waals surface area contributed by atoms with E-state index >= 15 is 0 Å². The molecule has 0 fully saturated rings. The quantitative estimate of drug-likeness (QED) is 0.144. The van der Waals surface area contributed by atoms with Gasteiger partial charge in [0.2, 0.25) is 0 Å². The molecule has 0 spiro atoms. The average Bonchev–Trinajstić information content (AvgIpc) is 3.16. The van der Waals surface area contributed by atoms with Gasteiger partial charge < -0.3 is 0 Å². The summed E-state index contributed by atoms with van der Waals surface area (Å²) in [6.07, 6.45) is 0. The Kier molecular flexibility index (Phi) is 5.67. The van der Waals surface area contributed by atoms with E-state index in [1.165, 1.54) is 59.6 Å². The molecule has 2 nitrogen and oxygen atoms in total. The molecule has 1 heterocycles. The summed E-state index contributed by atoms with van der Waals surface area (Å²) in [6, 6.07) is 56.4. The van der Waals surface area contributed by atoms with Crippen molar-refractivity contribution in [1.82, 2.24) is 4.98 Å². The van der Waals surface area contributed by atoms with Crippen molar-refractivity contribution in [2.45, 2.75) is 0 Å². The highest BCUT2D eigenvalue weighted by Crippen LogP contribution is 2.43. The van der Waals surface area contributed by atoms with Gasteiger partial charge in [-0.2, -0.15) is 0 Å². The Labute approximate surface area is 277 Å². The molecular weight excluding hydrogens is 581 g/mol. The van der Waals surface area contributed by atoms with E-state index < -0.39 is 0 Å². The van der Waals surface area contributed by atoms with E-state index in [2.05, 4.69) is 150 Å². The van der Waals surface area contributed by atoms with E-state index in [0.717, 1.165) is 38.7 Å². The largest absolute Gasteiger partial charge is 0.247 e. The van der Waals surface area contributed by atoms with Gasteiger partial charge in [0, 0.05) is 21.7 Å². The van der Waals surface area contributed by atoms with Crippen LogP contribution in [0.3, 0.4) is 0 Å². The average molecular weight is 607 g/mol. The topological polar surface area (TPSA) is 17.2 Å². The van der Waals surface area contributed by atoms with E-state index in [-0.39, 0.29) is 0 Å². The Hall–Kier alpha value is -6.56. The fourth-order valence-electron chi connectivity index (χ4n) is 7.78. The Morgan fingerprint density at radius 1 is 0.396 bits per heavy atom. The molecule has 48 heavy (non-hydrogen) atoms. The first kappa shape index (κ1) is 26.6. The van der Waals surface area contributed by atoms with Gasteiger partial charge in [0.25, 0.3) is 0 Å². The molecule has 0 aliphatic heterocycles. The van der Waals surface area contributed by atoms with Gasteiger partial charge in [-0.15, -0.1) is 0 Å². The fraction of sp³-hybridized carbons (Fsp3) is 0. The van der Waals surface area contributed by atoms with E-state index in [4.69, 9.17) is 11.6 Å². The third kappa shape index (κ3) is 3.89. The van der Waals surface area contributed by atoms with Gasteiger partial charge in [-0.05, 0) is 77.5 Å². The number of para-hydroxylation sites is 1. The van der Waals surface area contributed by atoms with E-state index in [9.17, 15) is 0 Å². The second kappa shape index (κ2) is 10.2. The SMILES string of the molecule is [C-]#[N+]c1ccc(-c2cc3c(-c4ccc(-c5ccc6ccc7cccc8ccc5c6c78)cc4)nc4ccccc4c3c3ccccc23)cc1. The maximum absolute atomic E-state index is 7.43. The van der Waals surface area contributed by atoms with Crippen LogP contribution in [-0.4, -0.2) is 4.98 Å². The summed E-state index contributed by atoms with van der Waals surface area (Å²) in [7, 11) is 0. The standard InChI is InChI=1S/C46H26N2/c1-47-34-23-19-29(20-24-34)40-27-41-45(37-10-3-2-9-36(37)40)39-11-4-5-12-42(39)48-46(41)33-17-13-28(14-18-33)35-25-21-32-16-15-30-7-6-8-31-22-26-38(35)44(32)43(30)31/h2-27H. The van der Waals surface area contributed by atoms with Crippen molar-refractivity contribution < 1.29 is 0 Å². The van der Waals surface area contributed by atoms with Crippen LogP contribution in [0.5, 0.6) is 0 Å². The predicted octanol–water partition coefficient (Wildman–Crippen LogP) is 13.0. The van der Waals surface area contributed by atoms with Crippen molar-refractivity contribution in [2.24, 2.45) is 0 Å². The van der Waals surface area contributed by atoms with Gasteiger partial charge in [-0.25, -0.2) is 9.83 Å². The lowest BCUT2D eigenvalue weighted by molar-refractivity contribution is 1.43. The second-order valence-corrected chi connectivity index (χ2v) is 12.6. The van der Waals surface area contributed by atoms with Gasteiger partial charge in [-0.1, -0.05) is 146 Å². The minimum absolute atomic E-state index is 0.641. The van der Waals surface area contributed by atoms with Crippen LogP contribution >= 0.6 is 0 Å². The molecule has 9 aromatic carbocycles. The summed E-state index contributed by atoms with van der Waals surface area (Å²) in [5, 5.41) is 13.6. The van der Waals surface area contributed by atoms with Crippen LogP contribution in [0, 0.1) is 6.57 Å². The van der Waals surface area contributed by atoms with Crippen LogP contribution in [0.15, 0.2) is 158 Å². The summed E-state index contributed by atoms with van der Waals surface area (Å²) in [5.41, 5.74) is 8.32. The minimum atomic E-state index is 0.641. The summed E-state index contributed by atoms with van der Waals surface area (Å²) >= 11 is 0. The summed E-state index contributed by atoms with van der Waals surface area (Å²) in [5.74, 6) is 0. The lowest BCUT2D eigenvalue weighted by atomic mass is 9.88. The molecule has 10 rings (SSSR count). The molecule has 0 saturated heterocycles. The molecule has 0 bridgehead atoms. The lowest BCUT2D eigenvalue weighted by Gasteiger charge is -2.17. The normalized spacial score (nSPS) is 11.7. The first-order valence-corrected chi connectivity index (χ1v) is 16.2. The smallest absolute Gasteiger partial charge is 0.187 e. The van der Waals surface area contributed by atoms with E-state index in [1.54, 1.807) is 0 Å². The molecule has 0 unspecified atom stereocenters. The molecule has 220 valence electrons. The molecule has 0 atom stereocenters. The van der Waals surface area contributed by atoms with Crippen molar-refractivity contribution in [3.05, 3.63) is 169 Å². The van der Waals surface area contributed by atoms with Gasteiger partial charge in [-0.3, -0.25) is 0 Å². The van der Waals surface area contributed by atoms with Crippen LogP contribution in [0.4, 0.5) is 5.69 Å². The van der Waals surface area contributed by atoms with Crippen molar-refractivity contribution >= 4 is 70.5 Å². The number of benzene rings is 9. The number of fused-ring (bicyclic) bond motifs is 5. The molecule has 0 radical (unpaired) electrons. The maximum atomic E-state index is 7.43. The number of nitrogens with zero attached hydrogens (tertiary/aromatic N) is 2. The fourth-order valence-corrected chi connectivity index (χ4v) is 7.78. The number of hydrogen-bond acceptors (Lipinski definition) is 1. The second-order valence-electron chi connectivity index (χ2n) is 12.6. The van der Waals surface area contributed by atoms with Crippen LogP contribution in [0.1, 0.15) is 0 Å². The van der Waals surface area contributed by atoms with Gasteiger partial charge in [0.15, 0.2) is 5.69 Å². The summed E-state index contributed by atoms with van der Waals surface area (Å²) in [4.78, 5) is 8.92. The Morgan fingerprint density at radius 2 is 1.00 bits per heavy atom. The monoisotopic (exact) mass is 606 g/mol. The van der Waals surface area contributed by atoms with Crippen LogP contribution in [-0.2, 0) is 0 Å². The first-order chi connectivity index (χ1) is 23.7. The van der Waals surface area contributed by atoms with Gasteiger partial charge in [0.1, 0.15) is 0 Å². The third-order valence-electron chi connectivity index (χ3n) is 10.0. The van der Waals surface area contributed by atoms with Crippen LogP contribution in [0.2, 0.25) is 0 Å². The highest BCUT2D eigenvalue weighted by atomic mass is 14.7. The van der Waals surface area contributed by atoms with Crippen LogP contribution in [0.25, 0.3) is 103 Å². The predicted molar refractivity (Wildman–Crippen MR) is 203 cm³/mol. The number of hydrogen-bond donors (Lipinski definition) is 0. The zero-order chi connectivity index (χ0) is 31.8. The summed E-state index contributed by atoms with van der Waals surface area (Å²) in [6.45, 7) is 7.43. The third-order valence-corrected chi connectivity index (χ3v) is 10.0. The Bertz CT molecular complexity index is 2910. The van der Waals surface area contributed by atoms with Crippen LogP contribution < -0.4 is 0 Å². The molecule has 2 heteroatoms. The van der Waals surface area contributed by atoms with Crippen molar-refractivity contribution in [3.63, 3.8) is 0 Å². The molecule has 1 aromatic heterocycles. The zero-order valence-electron chi connectivity index (χ0n) is 25.9. The highest BCUT2D eigenvalue weighted by molar-refractivity contribution is 6.26. The summed E-state index contributed by atoms with van der Waals surface area (Å²) < 4.78 is 0. The molecule has 0 aliphatic rings. The van der Waals surface area contributed by atoms with E-state index in [1.807, 2.05) is 12.1 Å². The number of rotatable bonds is 3. The van der Waals surface area contributed by atoms with Gasteiger partial charge >= 0.3 is 0 Å². The molecule has 0 aliphatic carbocycles. The van der Waals surface area contributed by atoms with Crippen molar-refractivity contribution in [1.29, 1.82) is 0 Å². The minimum Gasteiger partial charge on any atom is -0.247 e. The van der Waals surface area contributed by atoms with E-state index in [0.29, 0.717) is 5.69 Å². The number of pyridine rings is 1. The zero-order valence-corrected chi connectivity index (χ0v) is 25.9. The maximum Gasteiger partial charge on any atom is 0.187 e.